The van der Waals surface area contributed by atoms with E-state index in [-0.39, 0.29) is 25.7 Å². The maximum Gasteiger partial charge on any atom is 0.472 e. The molecule has 3 N–H and O–H groups in total. The van der Waals surface area contributed by atoms with Crippen LogP contribution in [0, 0.1) is 17.8 Å². The SMILES string of the molecule is CCCCCCCC(=O)OC[C@H](COP(=O)(O)OC[C@H](O)COP(=O)(O)OC[C@@H](COC(=O)CCCCCCCCCCCCCCCCCCCCC(C)C)OC(=O)CCCCCCCCCCCCCCCCCCCCC(C)CC)OC(=O)CCCCCCCCCCCCC(C)CC. The molecule has 0 heterocycles. The minimum absolute atomic E-state index is 0.105. The van der Waals surface area contributed by atoms with Crippen molar-refractivity contribution in [1.29, 1.82) is 0 Å². The first-order chi connectivity index (χ1) is 49.3. The second kappa shape index (κ2) is 73.2. The van der Waals surface area contributed by atoms with E-state index in [9.17, 15) is 43.2 Å². The van der Waals surface area contributed by atoms with Gasteiger partial charge in [-0.1, -0.05) is 382 Å². The molecule has 7 atom stereocenters. The highest BCUT2D eigenvalue weighted by molar-refractivity contribution is 7.47. The Morgan fingerprint density at radius 2 is 0.500 bits per heavy atom. The molecule has 0 radical (unpaired) electrons. The van der Waals surface area contributed by atoms with E-state index in [1.54, 1.807) is 0 Å². The van der Waals surface area contributed by atoms with E-state index in [1.807, 2.05) is 0 Å². The van der Waals surface area contributed by atoms with Gasteiger partial charge in [-0.25, -0.2) is 9.13 Å². The number of unbranched alkanes of at least 4 members (excludes halogenated alkanes) is 47. The quantitative estimate of drug-likeness (QED) is 0.0222. The van der Waals surface area contributed by atoms with Crippen molar-refractivity contribution >= 4 is 39.5 Å². The van der Waals surface area contributed by atoms with Gasteiger partial charge in [-0.15, -0.1) is 0 Å². The van der Waals surface area contributed by atoms with Crippen LogP contribution < -0.4 is 0 Å². The maximum absolute atomic E-state index is 13.1. The molecule has 19 heteroatoms. The van der Waals surface area contributed by atoms with Crippen LogP contribution >= 0.6 is 15.6 Å². The lowest BCUT2D eigenvalue weighted by molar-refractivity contribution is -0.161. The van der Waals surface area contributed by atoms with Crippen molar-refractivity contribution in [3.05, 3.63) is 0 Å². The van der Waals surface area contributed by atoms with Crippen LogP contribution in [0.5, 0.6) is 0 Å². The molecule has 102 heavy (non-hydrogen) atoms. The van der Waals surface area contributed by atoms with Crippen LogP contribution in [0.3, 0.4) is 0 Å². The van der Waals surface area contributed by atoms with E-state index in [2.05, 4.69) is 48.5 Å². The monoisotopic (exact) mass is 1490 g/mol. The lowest BCUT2D eigenvalue weighted by atomic mass is 9.99. The molecule has 0 bridgehead atoms. The highest BCUT2D eigenvalue weighted by Crippen LogP contribution is 2.45. The number of hydrogen-bond acceptors (Lipinski definition) is 15. The van der Waals surface area contributed by atoms with Crippen LogP contribution in [0.2, 0.25) is 0 Å². The minimum atomic E-state index is -4.96. The third kappa shape index (κ3) is 73.6. The summed E-state index contributed by atoms with van der Waals surface area (Å²) in [6.45, 7) is 12.0. The Balaban J connectivity index is 5.11. The highest BCUT2D eigenvalue weighted by Gasteiger charge is 2.30. The minimum Gasteiger partial charge on any atom is -0.462 e. The molecule has 0 aromatic carbocycles. The molecular formula is C83H162O17P2. The summed E-state index contributed by atoms with van der Waals surface area (Å²) in [6, 6.07) is 0. The third-order valence-corrected chi connectivity index (χ3v) is 22.0. The van der Waals surface area contributed by atoms with E-state index in [4.69, 9.17) is 37.0 Å². The fraction of sp³-hybridized carbons (Fsp3) is 0.952. The molecule has 0 fully saturated rings. The summed E-state index contributed by atoms with van der Waals surface area (Å²) in [5.41, 5.74) is 0. The summed E-state index contributed by atoms with van der Waals surface area (Å²) in [5.74, 6) is 0.376. The molecule has 0 aliphatic heterocycles. The van der Waals surface area contributed by atoms with Crippen molar-refractivity contribution in [3.8, 4) is 0 Å². The van der Waals surface area contributed by atoms with Gasteiger partial charge >= 0.3 is 39.5 Å². The molecule has 0 aliphatic rings. The van der Waals surface area contributed by atoms with E-state index >= 15 is 0 Å². The van der Waals surface area contributed by atoms with Gasteiger partial charge in [0.2, 0.25) is 0 Å². The first kappa shape index (κ1) is 100. The van der Waals surface area contributed by atoms with Gasteiger partial charge in [-0.3, -0.25) is 37.3 Å². The number of carbonyl (C=O) groups excluding carboxylic acids is 4. The van der Waals surface area contributed by atoms with Crippen molar-refractivity contribution in [3.63, 3.8) is 0 Å². The lowest BCUT2D eigenvalue weighted by Crippen LogP contribution is -2.30. The van der Waals surface area contributed by atoms with Crippen molar-refractivity contribution in [2.45, 2.75) is 452 Å². The van der Waals surface area contributed by atoms with Gasteiger partial charge in [-0.2, -0.15) is 0 Å². The standard InChI is InChI=1S/C83H162O17P2/c1-8-11-12-47-57-64-80(85)93-70-78(99-82(87)67-60-53-46-40-34-33-37-43-50-56-63-76(7)10-3)72-97-101(89,90)95-68-77(84)69-96-102(91,92)98-73-79(71-94-81(86)65-58-51-44-38-31-27-23-19-15-13-17-21-25-29-35-41-48-54-61-74(4)5)100-83(88)66-59-52-45-39-32-28-24-20-16-14-18-22-26-30-36-42-49-55-62-75(6)9-2/h74-79,84H,8-73H2,1-7H3,(H,89,90)(H,91,92)/t75?,76?,77-,78+,79+/m0/s1. The summed E-state index contributed by atoms with van der Waals surface area (Å²) >= 11 is 0. The van der Waals surface area contributed by atoms with Gasteiger partial charge in [0.05, 0.1) is 26.4 Å². The molecule has 0 spiro atoms. The van der Waals surface area contributed by atoms with Crippen LogP contribution in [-0.2, 0) is 65.4 Å². The van der Waals surface area contributed by atoms with E-state index < -0.39 is 97.5 Å². The second-order valence-corrected chi connectivity index (χ2v) is 33.7. The largest absolute Gasteiger partial charge is 0.472 e. The molecule has 0 aliphatic carbocycles. The van der Waals surface area contributed by atoms with Crippen molar-refractivity contribution < 1.29 is 80.2 Å². The number of esters is 4. The number of carbonyl (C=O) groups is 4. The van der Waals surface area contributed by atoms with Crippen molar-refractivity contribution in [2.75, 3.05) is 39.6 Å². The molecule has 0 saturated heterocycles. The van der Waals surface area contributed by atoms with Crippen LogP contribution in [-0.4, -0.2) is 96.7 Å². The summed E-state index contributed by atoms with van der Waals surface area (Å²) < 4.78 is 68.5. The molecule has 606 valence electrons. The summed E-state index contributed by atoms with van der Waals surface area (Å²) in [7, 11) is -9.91. The van der Waals surface area contributed by atoms with Gasteiger partial charge in [0.15, 0.2) is 12.2 Å². The molecule has 0 aromatic rings. The zero-order valence-electron chi connectivity index (χ0n) is 67.1. The van der Waals surface area contributed by atoms with Gasteiger partial charge < -0.3 is 33.8 Å². The molecule has 0 rings (SSSR count). The first-order valence-corrected chi connectivity index (χ1v) is 45.9. The Kier molecular flexibility index (Phi) is 71.8. The van der Waals surface area contributed by atoms with Crippen LogP contribution in [0.4, 0.5) is 0 Å². The maximum atomic E-state index is 13.1. The van der Waals surface area contributed by atoms with Gasteiger partial charge in [0.25, 0.3) is 0 Å². The fourth-order valence-corrected chi connectivity index (χ4v) is 14.4. The Labute approximate surface area is 626 Å². The molecule has 4 unspecified atom stereocenters. The Bertz CT molecular complexity index is 1980. The smallest absolute Gasteiger partial charge is 0.462 e. The van der Waals surface area contributed by atoms with Crippen LogP contribution in [0.25, 0.3) is 0 Å². The van der Waals surface area contributed by atoms with Gasteiger partial charge in [0.1, 0.15) is 19.3 Å². The number of phosphoric acid groups is 2. The van der Waals surface area contributed by atoms with Crippen LogP contribution in [0.15, 0.2) is 0 Å². The average molecular weight is 1490 g/mol. The topological polar surface area (TPSA) is 237 Å². The number of phosphoric ester groups is 2. The van der Waals surface area contributed by atoms with Crippen molar-refractivity contribution in [1.82, 2.24) is 0 Å². The second-order valence-electron chi connectivity index (χ2n) is 30.8. The molecule has 0 saturated carbocycles. The zero-order chi connectivity index (χ0) is 75.1. The van der Waals surface area contributed by atoms with Crippen LogP contribution in [0.1, 0.15) is 434 Å². The number of aliphatic hydroxyl groups excluding tert-OH is 1. The predicted molar refractivity (Wildman–Crippen MR) is 418 cm³/mol. The van der Waals surface area contributed by atoms with E-state index in [1.165, 1.54) is 238 Å². The molecular weight excluding hydrogens is 1330 g/mol. The lowest BCUT2D eigenvalue weighted by Gasteiger charge is -2.21. The number of aliphatic hydroxyl groups is 1. The number of ether oxygens (including phenoxy) is 4. The molecule has 0 aromatic heterocycles. The van der Waals surface area contributed by atoms with Crippen molar-refractivity contribution in [2.24, 2.45) is 17.8 Å². The van der Waals surface area contributed by atoms with E-state index in [0.29, 0.717) is 25.7 Å². The molecule has 0 amide bonds. The Morgan fingerprint density at radius 1 is 0.284 bits per heavy atom. The van der Waals surface area contributed by atoms with Gasteiger partial charge in [0, 0.05) is 25.7 Å². The average Bonchev–Trinajstić information content (AvgIpc) is 0.906. The predicted octanol–water partition coefficient (Wildman–Crippen LogP) is 24.9. The summed E-state index contributed by atoms with van der Waals surface area (Å²) in [5, 5.41) is 10.6. The van der Waals surface area contributed by atoms with Gasteiger partial charge in [-0.05, 0) is 43.4 Å². The molecule has 17 nitrogen and oxygen atoms in total. The number of rotatable bonds is 81. The zero-order valence-corrected chi connectivity index (χ0v) is 68.9. The Morgan fingerprint density at radius 3 is 0.745 bits per heavy atom. The fourth-order valence-electron chi connectivity index (χ4n) is 12.8. The highest BCUT2D eigenvalue weighted by atomic mass is 31.2. The number of hydrogen-bond donors (Lipinski definition) is 3. The van der Waals surface area contributed by atoms with E-state index in [0.717, 1.165) is 114 Å². The Hall–Kier alpha value is -1.94. The summed E-state index contributed by atoms with van der Waals surface area (Å²) in [4.78, 5) is 72.8. The first-order valence-electron chi connectivity index (χ1n) is 42.9. The third-order valence-electron chi connectivity index (χ3n) is 20.1. The summed E-state index contributed by atoms with van der Waals surface area (Å²) in [6.07, 6.45) is 62.9. The normalized spacial score (nSPS) is 14.5.